The van der Waals surface area contributed by atoms with Gasteiger partial charge in [-0.05, 0) is 31.5 Å². The van der Waals surface area contributed by atoms with Gasteiger partial charge >= 0.3 is 11.9 Å². The zero-order chi connectivity index (χ0) is 23.0. The molecule has 1 aromatic carbocycles. The molecule has 0 saturated heterocycles. The first-order valence-corrected chi connectivity index (χ1v) is 9.85. The second-order valence-corrected chi connectivity index (χ2v) is 6.58. The average Bonchev–Trinajstić information content (AvgIpc) is 2.74. The van der Waals surface area contributed by atoms with Gasteiger partial charge in [0.25, 0.3) is 0 Å². The van der Waals surface area contributed by atoms with Gasteiger partial charge in [-0.15, -0.1) is 0 Å². The van der Waals surface area contributed by atoms with E-state index in [9.17, 15) is 14.7 Å². The number of esters is 2. The van der Waals surface area contributed by atoms with E-state index in [1.165, 1.54) is 27.4 Å². The molecule has 0 amide bonds. The van der Waals surface area contributed by atoms with Gasteiger partial charge in [0.1, 0.15) is 0 Å². The Morgan fingerprint density at radius 3 is 1.87 bits per heavy atom. The van der Waals surface area contributed by atoms with E-state index >= 15 is 0 Å². The molecule has 0 radical (unpaired) electrons. The van der Waals surface area contributed by atoms with E-state index in [0.29, 0.717) is 17.0 Å². The van der Waals surface area contributed by atoms with E-state index < -0.39 is 17.9 Å². The van der Waals surface area contributed by atoms with Crippen LogP contribution in [0.4, 0.5) is 0 Å². The van der Waals surface area contributed by atoms with Crippen LogP contribution in [-0.2, 0) is 28.5 Å². The SMILES string of the molecule is CCOC(=O)C1=C(COC)NC(COC)=C(C(=O)OCC)C1c1ccc(O)c(OC)c1. The summed E-state index contributed by atoms with van der Waals surface area (Å²) in [6.45, 7) is 3.84. The molecule has 0 bridgehead atoms. The van der Waals surface area contributed by atoms with Crippen LogP contribution in [0.3, 0.4) is 0 Å². The first kappa shape index (κ1) is 24.2. The molecule has 0 atom stereocenters. The maximum atomic E-state index is 13.0. The highest BCUT2D eigenvalue weighted by Gasteiger charge is 2.40. The number of benzene rings is 1. The van der Waals surface area contributed by atoms with Gasteiger partial charge in [0.2, 0.25) is 0 Å². The average molecular weight is 435 g/mol. The van der Waals surface area contributed by atoms with Gasteiger partial charge < -0.3 is 34.1 Å². The largest absolute Gasteiger partial charge is 0.504 e. The number of rotatable bonds is 10. The van der Waals surface area contributed by atoms with Crippen LogP contribution in [0.25, 0.3) is 0 Å². The van der Waals surface area contributed by atoms with Gasteiger partial charge in [0.05, 0.1) is 62.0 Å². The molecule has 0 saturated carbocycles. The number of carbonyl (C=O) groups excluding carboxylic acids is 2. The first-order chi connectivity index (χ1) is 14.9. The van der Waals surface area contributed by atoms with Gasteiger partial charge in [-0.25, -0.2) is 9.59 Å². The lowest BCUT2D eigenvalue weighted by Gasteiger charge is -2.32. The summed E-state index contributed by atoms with van der Waals surface area (Å²) in [5.74, 6) is -1.93. The lowest BCUT2D eigenvalue weighted by molar-refractivity contribution is -0.139. The number of ether oxygens (including phenoxy) is 5. The van der Waals surface area contributed by atoms with Crippen LogP contribution < -0.4 is 10.1 Å². The summed E-state index contributed by atoms with van der Waals surface area (Å²) in [5, 5.41) is 13.1. The summed E-state index contributed by atoms with van der Waals surface area (Å²) in [7, 11) is 4.41. The zero-order valence-corrected chi connectivity index (χ0v) is 18.4. The van der Waals surface area contributed by atoms with E-state index in [0.717, 1.165) is 0 Å². The number of dihydropyridines is 1. The predicted molar refractivity (Wildman–Crippen MR) is 112 cm³/mol. The zero-order valence-electron chi connectivity index (χ0n) is 18.4. The Bertz CT molecular complexity index is 830. The van der Waals surface area contributed by atoms with Gasteiger partial charge in [-0.3, -0.25) is 0 Å². The van der Waals surface area contributed by atoms with Crippen molar-refractivity contribution in [3.8, 4) is 11.5 Å². The number of phenolic OH excluding ortho intramolecular Hbond substituents is 1. The molecule has 1 heterocycles. The number of methoxy groups -OCH3 is 3. The molecule has 0 fully saturated rings. The van der Waals surface area contributed by atoms with Crippen LogP contribution in [0.15, 0.2) is 40.7 Å². The lowest BCUT2D eigenvalue weighted by Crippen LogP contribution is -2.36. The number of aromatic hydroxyl groups is 1. The predicted octanol–water partition coefficient (Wildman–Crippen LogP) is 2.01. The minimum Gasteiger partial charge on any atom is -0.504 e. The maximum Gasteiger partial charge on any atom is 0.336 e. The fourth-order valence-corrected chi connectivity index (χ4v) is 3.43. The van der Waals surface area contributed by atoms with Crippen molar-refractivity contribution in [3.05, 3.63) is 46.3 Å². The Kier molecular flexibility index (Phi) is 8.89. The molecule has 2 rings (SSSR count). The highest BCUT2D eigenvalue weighted by molar-refractivity contribution is 6.00. The Morgan fingerprint density at radius 1 is 0.935 bits per heavy atom. The van der Waals surface area contributed by atoms with Crippen LogP contribution >= 0.6 is 0 Å². The molecule has 0 spiro atoms. The molecular weight excluding hydrogens is 406 g/mol. The van der Waals surface area contributed by atoms with Gasteiger partial charge in [-0.1, -0.05) is 6.07 Å². The molecule has 0 unspecified atom stereocenters. The number of carbonyl (C=O) groups is 2. The van der Waals surface area contributed by atoms with Gasteiger partial charge in [0.15, 0.2) is 11.5 Å². The van der Waals surface area contributed by atoms with Crippen molar-refractivity contribution >= 4 is 11.9 Å². The number of phenols is 1. The third-order valence-corrected chi connectivity index (χ3v) is 4.63. The molecule has 0 aliphatic carbocycles. The molecule has 9 nitrogen and oxygen atoms in total. The smallest absolute Gasteiger partial charge is 0.336 e. The second kappa shape index (κ2) is 11.4. The van der Waals surface area contributed by atoms with E-state index in [2.05, 4.69) is 5.32 Å². The van der Waals surface area contributed by atoms with Crippen LogP contribution in [0.1, 0.15) is 25.3 Å². The quantitative estimate of drug-likeness (QED) is 0.533. The van der Waals surface area contributed by atoms with E-state index in [1.54, 1.807) is 26.0 Å². The summed E-state index contributed by atoms with van der Waals surface area (Å²) >= 11 is 0. The van der Waals surface area contributed by atoms with Crippen LogP contribution in [-0.4, -0.2) is 64.8 Å². The van der Waals surface area contributed by atoms with Crippen molar-refractivity contribution in [3.63, 3.8) is 0 Å². The highest BCUT2D eigenvalue weighted by atomic mass is 16.5. The second-order valence-electron chi connectivity index (χ2n) is 6.58. The minimum absolute atomic E-state index is 0.0715. The van der Waals surface area contributed by atoms with Crippen LogP contribution in [0.5, 0.6) is 11.5 Å². The summed E-state index contributed by atoms with van der Waals surface area (Å²) in [6, 6.07) is 4.62. The Hall–Kier alpha value is -3.04. The number of hydrogen-bond acceptors (Lipinski definition) is 9. The van der Waals surface area contributed by atoms with Crippen molar-refractivity contribution in [1.29, 1.82) is 0 Å². The van der Waals surface area contributed by atoms with E-state index in [1.807, 2.05) is 0 Å². The van der Waals surface area contributed by atoms with Gasteiger partial charge in [-0.2, -0.15) is 0 Å². The van der Waals surface area contributed by atoms with Crippen molar-refractivity contribution in [2.24, 2.45) is 0 Å². The number of nitrogens with one attached hydrogen (secondary N) is 1. The summed E-state index contributed by atoms with van der Waals surface area (Å²) in [5.41, 5.74) is 1.83. The van der Waals surface area contributed by atoms with Crippen molar-refractivity contribution in [2.75, 3.05) is 47.8 Å². The molecule has 1 aromatic rings. The Balaban J connectivity index is 2.81. The minimum atomic E-state index is -0.857. The van der Waals surface area contributed by atoms with Crippen LogP contribution in [0, 0.1) is 0 Å². The molecular formula is C22H29NO8. The fourth-order valence-electron chi connectivity index (χ4n) is 3.43. The summed E-state index contributed by atoms with van der Waals surface area (Å²) in [6.07, 6.45) is 0. The first-order valence-electron chi connectivity index (χ1n) is 9.85. The lowest BCUT2D eigenvalue weighted by atomic mass is 9.80. The third kappa shape index (κ3) is 5.36. The molecule has 170 valence electrons. The highest BCUT2D eigenvalue weighted by Crippen LogP contribution is 2.42. The molecule has 0 aromatic heterocycles. The molecule has 9 heteroatoms. The topological polar surface area (TPSA) is 113 Å². The molecule has 1 aliphatic rings. The number of hydrogen-bond donors (Lipinski definition) is 2. The summed E-state index contributed by atoms with van der Waals surface area (Å²) < 4.78 is 26.4. The maximum absolute atomic E-state index is 13.0. The normalized spacial score (nSPS) is 14.4. The Labute approximate surface area is 181 Å². The van der Waals surface area contributed by atoms with Crippen LogP contribution in [0.2, 0.25) is 0 Å². The molecule has 2 N–H and O–H groups in total. The molecule has 1 aliphatic heterocycles. The van der Waals surface area contributed by atoms with E-state index in [4.69, 9.17) is 23.7 Å². The van der Waals surface area contributed by atoms with Crippen molar-refractivity contribution < 1.29 is 38.4 Å². The Morgan fingerprint density at radius 2 is 1.45 bits per heavy atom. The van der Waals surface area contributed by atoms with Gasteiger partial charge in [0, 0.05) is 14.2 Å². The summed E-state index contributed by atoms with van der Waals surface area (Å²) in [4.78, 5) is 26.0. The van der Waals surface area contributed by atoms with E-state index in [-0.39, 0.29) is 49.1 Å². The molecule has 31 heavy (non-hydrogen) atoms. The standard InChI is InChI=1S/C22H29NO8/c1-6-30-21(25)19-14(11-27-3)23-15(12-28-4)20(22(26)31-7-2)18(19)13-8-9-16(24)17(10-13)29-5/h8-10,18,23-24H,6-7,11-12H2,1-5H3. The third-order valence-electron chi connectivity index (χ3n) is 4.63. The van der Waals surface area contributed by atoms with Crippen molar-refractivity contribution in [1.82, 2.24) is 5.32 Å². The fraction of sp³-hybridized carbons (Fsp3) is 0.455. The van der Waals surface area contributed by atoms with Crippen molar-refractivity contribution in [2.45, 2.75) is 19.8 Å². The monoisotopic (exact) mass is 435 g/mol.